The molecular weight excluding hydrogens is 629 g/mol. The number of carbonyl (C=O) groups is 1. The molecule has 0 amide bonds. The number of allylic oxidation sites excluding steroid dienone is 8. The van der Waals surface area contributed by atoms with Crippen LogP contribution in [0, 0.1) is 117 Å². The lowest BCUT2D eigenvalue weighted by molar-refractivity contribution is -0.123. The standard InChI is InChI=1S/C26H42.C25H38O/c1-9-22-14(2)12-23-21-11-10-20-18(6)16(4)17(5)19(7)25(20)24(21)15(3)13-26(22,23)8;1-8-20-13(2)11-21-19-10-9-18-17(6)24(26)16(5)15(4)23(18)22(19)14(3)12-25(20,21)7/h10,14-15,17,19,21-25H,9,11-13H2,1-8H3;9-10,13-16,19-23H,8,11-12H2,1-7H3/t14?,15?,17?,19?,21?,22-,23?,24?,25?,26?;13?,14?,15?,16?,19?,20-,21?,22?,23?,25?/m00/s1. The van der Waals surface area contributed by atoms with E-state index in [2.05, 4.69) is 122 Å². The molecule has 0 radical (unpaired) electrons. The first kappa shape index (κ1) is 38.9. The number of fused-ring (bicyclic) bond motifs is 10. The summed E-state index contributed by atoms with van der Waals surface area (Å²) in [6.07, 6.45) is 17.5. The van der Waals surface area contributed by atoms with E-state index in [4.69, 9.17) is 0 Å². The van der Waals surface area contributed by atoms with Crippen molar-refractivity contribution in [3.63, 3.8) is 0 Å². The lowest BCUT2D eigenvalue weighted by Gasteiger charge is -2.58. The van der Waals surface area contributed by atoms with Gasteiger partial charge in [-0.25, -0.2) is 0 Å². The normalized spacial score (nSPS) is 53.5. The van der Waals surface area contributed by atoms with Crippen molar-refractivity contribution in [1.82, 2.24) is 0 Å². The maximum atomic E-state index is 12.7. The predicted octanol–water partition coefficient (Wildman–Crippen LogP) is 13.8. The van der Waals surface area contributed by atoms with Crippen molar-refractivity contribution in [2.24, 2.45) is 117 Å². The first-order valence-electron chi connectivity index (χ1n) is 22.7. The Labute approximate surface area is 321 Å². The number of hydrogen-bond acceptors (Lipinski definition) is 1. The van der Waals surface area contributed by atoms with Crippen LogP contribution < -0.4 is 0 Å². The van der Waals surface area contributed by atoms with Gasteiger partial charge in [-0.05, 0) is 187 Å². The molecule has 8 aliphatic rings. The molecule has 8 aliphatic carbocycles. The molecule has 18 unspecified atom stereocenters. The van der Waals surface area contributed by atoms with Gasteiger partial charge in [-0.3, -0.25) is 4.79 Å². The molecular formula is C51H80O. The summed E-state index contributed by atoms with van der Waals surface area (Å²) < 4.78 is 0. The minimum absolute atomic E-state index is 0.183. The Morgan fingerprint density at radius 1 is 0.673 bits per heavy atom. The number of carbonyl (C=O) groups excluding carboxylic acids is 1. The summed E-state index contributed by atoms with van der Waals surface area (Å²) in [6.45, 7) is 36.8. The van der Waals surface area contributed by atoms with Gasteiger partial charge in [0.1, 0.15) is 0 Å². The Hall–Kier alpha value is -1.37. The zero-order chi connectivity index (χ0) is 37.9. The van der Waals surface area contributed by atoms with E-state index in [0.717, 1.165) is 88.4 Å². The Balaban J connectivity index is 0.000000162. The Kier molecular flexibility index (Phi) is 10.2. The van der Waals surface area contributed by atoms with E-state index in [1.165, 1.54) is 50.5 Å². The summed E-state index contributed by atoms with van der Waals surface area (Å²) in [5.41, 5.74) is 8.61. The first-order chi connectivity index (χ1) is 24.4. The molecule has 0 spiro atoms. The third-order valence-electron chi connectivity index (χ3n) is 19.9. The quantitative estimate of drug-likeness (QED) is 0.279. The molecule has 0 aromatic carbocycles. The van der Waals surface area contributed by atoms with Crippen LogP contribution in [0.15, 0.2) is 46.1 Å². The highest BCUT2D eigenvalue weighted by Gasteiger charge is 2.62. The Bertz CT molecular complexity index is 1540. The van der Waals surface area contributed by atoms with E-state index >= 15 is 0 Å². The van der Waals surface area contributed by atoms with Crippen molar-refractivity contribution in [1.29, 1.82) is 0 Å². The topological polar surface area (TPSA) is 17.1 Å². The number of hydrogen-bond donors (Lipinski definition) is 0. The second-order valence-electron chi connectivity index (χ2n) is 21.8. The number of ketones is 1. The van der Waals surface area contributed by atoms with Gasteiger partial charge < -0.3 is 0 Å². The molecule has 0 aromatic heterocycles. The molecule has 4 fully saturated rings. The molecule has 0 N–H and O–H groups in total. The summed E-state index contributed by atoms with van der Waals surface area (Å²) in [4.78, 5) is 12.7. The van der Waals surface area contributed by atoms with Crippen LogP contribution >= 0.6 is 0 Å². The maximum absolute atomic E-state index is 12.7. The minimum Gasteiger partial charge on any atom is -0.294 e. The van der Waals surface area contributed by atoms with Crippen LogP contribution in [0.2, 0.25) is 0 Å². The number of Topliss-reactive ketones (excluding diaryl/α,β-unsaturated/α-hetero) is 1. The molecule has 8 rings (SSSR count). The molecule has 290 valence electrons. The highest BCUT2D eigenvalue weighted by atomic mass is 16.1. The monoisotopic (exact) mass is 709 g/mol. The van der Waals surface area contributed by atoms with Crippen molar-refractivity contribution >= 4 is 5.78 Å². The van der Waals surface area contributed by atoms with Gasteiger partial charge in [-0.15, -0.1) is 0 Å². The van der Waals surface area contributed by atoms with Gasteiger partial charge in [0.25, 0.3) is 0 Å². The summed E-state index contributed by atoms with van der Waals surface area (Å²) in [5, 5.41) is 0. The van der Waals surface area contributed by atoms with E-state index < -0.39 is 0 Å². The molecule has 0 aromatic rings. The summed E-state index contributed by atoms with van der Waals surface area (Å²) in [6, 6.07) is 0. The van der Waals surface area contributed by atoms with Crippen LogP contribution in [0.25, 0.3) is 0 Å². The van der Waals surface area contributed by atoms with E-state index in [0.29, 0.717) is 34.4 Å². The highest BCUT2D eigenvalue weighted by molar-refractivity contribution is 5.99. The molecule has 52 heavy (non-hydrogen) atoms. The minimum atomic E-state index is 0.183. The largest absolute Gasteiger partial charge is 0.294 e. The maximum Gasteiger partial charge on any atom is 0.161 e. The molecule has 0 heterocycles. The lowest BCUT2D eigenvalue weighted by Crippen LogP contribution is -2.51. The summed E-state index contributed by atoms with van der Waals surface area (Å²) in [7, 11) is 0. The van der Waals surface area contributed by atoms with E-state index in [-0.39, 0.29) is 5.92 Å². The molecule has 0 bridgehead atoms. The average molecular weight is 709 g/mol. The first-order valence-corrected chi connectivity index (χ1v) is 22.7. The van der Waals surface area contributed by atoms with Crippen LogP contribution in [0.5, 0.6) is 0 Å². The molecule has 4 saturated carbocycles. The second-order valence-corrected chi connectivity index (χ2v) is 21.8. The van der Waals surface area contributed by atoms with Gasteiger partial charge in [-0.2, -0.15) is 0 Å². The smallest absolute Gasteiger partial charge is 0.161 e. The van der Waals surface area contributed by atoms with Crippen molar-refractivity contribution in [3.8, 4) is 0 Å². The zero-order valence-electron chi connectivity index (χ0n) is 36.5. The fraction of sp³-hybridized carbons (Fsp3) is 0.824. The van der Waals surface area contributed by atoms with Crippen molar-refractivity contribution in [2.75, 3.05) is 0 Å². The number of rotatable bonds is 2. The SMILES string of the molecule is CC[C@H]1C(C)CC2C3C=CC4=C(C)C(=O)C(C)C(C)C4C3C(C)CC21C.CC[C@H]1C(C)CC2C3CC=C4C(C)=C(C)C(C)C(C)C4C3C(C)CC21C. The van der Waals surface area contributed by atoms with Crippen LogP contribution in [-0.4, -0.2) is 5.78 Å². The summed E-state index contributed by atoms with van der Waals surface area (Å²) >= 11 is 0. The van der Waals surface area contributed by atoms with E-state index in [1.54, 1.807) is 16.7 Å². The second kappa shape index (κ2) is 13.7. The van der Waals surface area contributed by atoms with Crippen molar-refractivity contribution < 1.29 is 4.79 Å². The van der Waals surface area contributed by atoms with Gasteiger partial charge in [0.05, 0.1) is 0 Å². The van der Waals surface area contributed by atoms with Crippen LogP contribution in [0.3, 0.4) is 0 Å². The fourth-order valence-electron chi connectivity index (χ4n) is 17.4. The van der Waals surface area contributed by atoms with Crippen LogP contribution in [0.1, 0.15) is 149 Å². The van der Waals surface area contributed by atoms with Crippen molar-refractivity contribution in [3.05, 3.63) is 46.1 Å². The van der Waals surface area contributed by atoms with Crippen LogP contribution in [0.4, 0.5) is 0 Å². The van der Waals surface area contributed by atoms with E-state index in [9.17, 15) is 4.79 Å². The fourth-order valence-corrected chi connectivity index (χ4v) is 17.4. The van der Waals surface area contributed by atoms with Gasteiger partial charge in [0, 0.05) is 5.92 Å². The molecule has 20 atom stereocenters. The third kappa shape index (κ3) is 5.42. The average Bonchev–Trinajstić information content (AvgIpc) is 3.52. The predicted molar refractivity (Wildman–Crippen MR) is 221 cm³/mol. The summed E-state index contributed by atoms with van der Waals surface area (Å²) in [5.74, 6) is 14.4. The van der Waals surface area contributed by atoms with Crippen LogP contribution in [-0.2, 0) is 4.79 Å². The van der Waals surface area contributed by atoms with Gasteiger partial charge in [0.2, 0.25) is 0 Å². The molecule has 1 nitrogen and oxygen atoms in total. The van der Waals surface area contributed by atoms with E-state index in [1.807, 2.05) is 0 Å². The third-order valence-corrected chi connectivity index (χ3v) is 19.9. The van der Waals surface area contributed by atoms with Gasteiger partial charge in [0.15, 0.2) is 5.78 Å². The molecule has 1 heteroatoms. The molecule has 0 saturated heterocycles. The Morgan fingerprint density at radius 2 is 1.21 bits per heavy atom. The Morgan fingerprint density at radius 3 is 1.81 bits per heavy atom. The van der Waals surface area contributed by atoms with Crippen molar-refractivity contribution in [2.45, 2.75) is 149 Å². The highest BCUT2D eigenvalue weighted by Crippen LogP contribution is 2.69. The lowest BCUT2D eigenvalue weighted by atomic mass is 9.47. The molecule has 0 aliphatic heterocycles. The zero-order valence-corrected chi connectivity index (χ0v) is 36.5. The van der Waals surface area contributed by atoms with Gasteiger partial charge in [-0.1, -0.05) is 120 Å². The van der Waals surface area contributed by atoms with Gasteiger partial charge >= 0.3 is 0 Å².